The highest BCUT2D eigenvalue weighted by atomic mass is 16.2. The minimum atomic E-state index is -0.166. The van der Waals surface area contributed by atoms with E-state index in [9.17, 15) is 4.79 Å². The summed E-state index contributed by atoms with van der Waals surface area (Å²) in [6.45, 7) is 1.78. The van der Waals surface area contributed by atoms with Gasteiger partial charge in [-0.15, -0.1) is 0 Å². The number of hydrogen-bond donors (Lipinski definition) is 3. The van der Waals surface area contributed by atoms with Gasteiger partial charge >= 0.3 is 6.03 Å². The number of hydrogen-bond acceptors (Lipinski definition) is 4. The maximum Gasteiger partial charge on any atom is 0.319 e. The van der Waals surface area contributed by atoms with Gasteiger partial charge in [0.25, 0.3) is 0 Å². The average Bonchev–Trinajstić information content (AvgIpc) is 3.25. The Kier molecular flexibility index (Phi) is 5.00. The fourth-order valence-electron chi connectivity index (χ4n) is 3.30. The van der Waals surface area contributed by atoms with E-state index in [2.05, 4.69) is 30.7 Å². The van der Waals surface area contributed by atoms with Crippen LogP contribution in [-0.2, 0) is 0 Å². The molecule has 7 nitrogen and oxygen atoms in total. The van der Waals surface area contributed by atoms with E-state index < -0.39 is 0 Å². The predicted octanol–water partition coefficient (Wildman–Crippen LogP) is 3.26. The fourth-order valence-corrected chi connectivity index (χ4v) is 3.30. The smallest absolute Gasteiger partial charge is 0.319 e. The van der Waals surface area contributed by atoms with Crippen LogP contribution in [0.2, 0.25) is 0 Å². The van der Waals surface area contributed by atoms with Crippen LogP contribution in [0.4, 0.5) is 16.3 Å². The van der Waals surface area contributed by atoms with Crippen LogP contribution in [0, 0.1) is 0 Å². The Morgan fingerprint density at radius 2 is 1.85 bits per heavy atom. The van der Waals surface area contributed by atoms with E-state index in [-0.39, 0.29) is 12.1 Å². The number of rotatable bonds is 4. The van der Waals surface area contributed by atoms with Crippen molar-refractivity contribution >= 4 is 17.5 Å². The van der Waals surface area contributed by atoms with E-state index in [1.165, 1.54) is 0 Å². The van der Waals surface area contributed by atoms with E-state index in [1.54, 1.807) is 6.20 Å². The summed E-state index contributed by atoms with van der Waals surface area (Å²) in [6.07, 6.45) is 5.34. The lowest BCUT2D eigenvalue weighted by Gasteiger charge is -2.33. The van der Waals surface area contributed by atoms with Gasteiger partial charge in [-0.25, -0.2) is 9.78 Å². The topological polar surface area (TPSA) is 85.9 Å². The van der Waals surface area contributed by atoms with Crippen molar-refractivity contribution in [2.45, 2.75) is 18.9 Å². The van der Waals surface area contributed by atoms with Crippen LogP contribution in [0.5, 0.6) is 0 Å². The maximum absolute atomic E-state index is 12.3. The number of aromatic amines is 1. The first-order valence-corrected chi connectivity index (χ1v) is 9.11. The van der Waals surface area contributed by atoms with Crippen molar-refractivity contribution in [3.8, 4) is 11.3 Å². The number of H-pyrrole nitrogens is 1. The number of urea groups is 1. The number of nitrogens with one attached hydrogen (secondary N) is 3. The van der Waals surface area contributed by atoms with Crippen molar-refractivity contribution in [1.29, 1.82) is 0 Å². The normalized spacial score (nSPS) is 14.7. The lowest BCUT2D eigenvalue weighted by atomic mass is 10.1. The molecule has 1 aliphatic rings. The number of piperidine rings is 1. The Morgan fingerprint density at radius 3 is 2.52 bits per heavy atom. The summed E-state index contributed by atoms with van der Waals surface area (Å²) in [6, 6.07) is 15.5. The first kappa shape index (κ1) is 17.1. The van der Waals surface area contributed by atoms with Gasteiger partial charge in [0.15, 0.2) is 0 Å². The van der Waals surface area contributed by atoms with Crippen LogP contribution >= 0.6 is 0 Å². The molecule has 3 aromatic rings. The third kappa shape index (κ3) is 4.25. The molecule has 0 radical (unpaired) electrons. The molecule has 0 unspecified atom stereocenters. The molecule has 1 aliphatic heterocycles. The molecule has 0 atom stereocenters. The zero-order valence-corrected chi connectivity index (χ0v) is 14.9. The minimum absolute atomic E-state index is 0.166. The van der Waals surface area contributed by atoms with Gasteiger partial charge in [-0.1, -0.05) is 18.2 Å². The monoisotopic (exact) mass is 362 g/mol. The second-order valence-electron chi connectivity index (χ2n) is 6.60. The minimum Gasteiger partial charge on any atom is -0.356 e. The van der Waals surface area contributed by atoms with Crippen LogP contribution in [0.25, 0.3) is 11.3 Å². The summed E-state index contributed by atoms with van der Waals surface area (Å²) >= 11 is 0. The van der Waals surface area contributed by atoms with E-state index in [1.807, 2.05) is 54.7 Å². The lowest BCUT2D eigenvalue weighted by molar-refractivity contribution is 0.246. The Bertz CT molecular complexity index is 855. The molecule has 1 saturated heterocycles. The highest BCUT2D eigenvalue weighted by Crippen LogP contribution is 2.20. The summed E-state index contributed by atoms with van der Waals surface area (Å²) in [5.41, 5.74) is 2.74. The van der Waals surface area contributed by atoms with Crippen LogP contribution in [-0.4, -0.2) is 40.3 Å². The number of pyridine rings is 1. The zero-order valence-electron chi connectivity index (χ0n) is 14.9. The second-order valence-corrected chi connectivity index (χ2v) is 6.60. The fraction of sp³-hybridized carbons (Fsp3) is 0.250. The molecule has 0 aliphatic carbocycles. The quantitative estimate of drug-likeness (QED) is 0.665. The number of carbonyl (C=O) groups excluding carboxylic acids is 1. The molecule has 3 heterocycles. The van der Waals surface area contributed by atoms with Gasteiger partial charge in [0, 0.05) is 37.2 Å². The molecular weight excluding hydrogens is 340 g/mol. The lowest BCUT2D eigenvalue weighted by Crippen LogP contribution is -2.46. The molecule has 2 amide bonds. The summed E-state index contributed by atoms with van der Waals surface area (Å²) in [7, 11) is 0. The van der Waals surface area contributed by atoms with Gasteiger partial charge < -0.3 is 15.5 Å². The second kappa shape index (κ2) is 7.90. The number of aromatic nitrogens is 3. The molecule has 0 bridgehead atoms. The van der Waals surface area contributed by atoms with Gasteiger partial charge in [0.1, 0.15) is 5.82 Å². The third-order valence-corrected chi connectivity index (χ3v) is 4.76. The largest absolute Gasteiger partial charge is 0.356 e. The SMILES string of the molecule is O=C(Nc1ccc(-c2ccn[nH]2)cc1)NC1CCN(c2ccccn2)CC1. The van der Waals surface area contributed by atoms with Gasteiger partial charge in [0.2, 0.25) is 0 Å². The van der Waals surface area contributed by atoms with Gasteiger partial charge in [-0.2, -0.15) is 5.10 Å². The maximum atomic E-state index is 12.3. The summed E-state index contributed by atoms with van der Waals surface area (Å²) in [4.78, 5) is 18.9. The molecule has 2 aromatic heterocycles. The number of nitrogens with zero attached hydrogens (tertiary/aromatic N) is 3. The van der Waals surface area contributed by atoms with E-state index in [0.29, 0.717) is 0 Å². The van der Waals surface area contributed by atoms with Gasteiger partial charge in [-0.3, -0.25) is 5.10 Å². The van der Waals surface area contributed by atoms with E-state index >= 15 is 0 Å². The standard InChI is InChI=1S/C20H22N6O/c27-20(23-16-6-4-15(5-7-16)18-8-12-22-25-18)24-17-9-13-26(14-10-17)19-3-1-2-11-21-19/h1-8,11-12,17H,9-10,13-14H2,(H,22,25)(H2,23,24,27). The number of benzene rings is 1. The number of anilines is 2. The van der Waals surface area contributed by atoms with Crippen molar-refractivity contribution in [2.24, 2.45) is 0 Å². The van der Waals surface area contributed by atoms with Crippen molar-refractivity contribution in [3.63, 3.8) is 0 Å². The Balaban J connectivity index is 1.26. The van der Waals surface area contributed by atoms with Crippen LogP contribution < -0.4 is 15.5 Å². The summed E-state index contributed by atoms with van der Waals surface area (Å²) in [5.74, 6) is 0.998. The van der Waals surface area contributed by atoms with Crippen LogP contribution in [0.15, 0.2) is 60.9 Å². The average molecular weight is 362 g/mol. The molecule has 0 saturated carbocycles. The first-order chi connectivity index (χ1) is 13.3. The number of carbonyl (C=O) groups is 1. The molecule has 4 rings (SSSR count). The molecule has 0 spiro atoms. The Labute approximate surface area is 157 Å². The molecular formula is C20H22N6O. The molecule has 1 aromatic carbocycles. The van der Waals surface area contributed by atoms with Crippen LogP contribution in [0.1, 0.15) is 12.8 Å². The predicted molar refractivity (Wildman–Crippen MR) is 106 cm³/mol. The van der Waals surface area contributed by atoms with Gasteiger partial charge in [-0.05, 0) is 48.7 Å². The Morgan fingerprint density at radius 1 is 1.04 bits per heavy atom. The van der Waals surface area contributed by atoms with Crippen molar-refractivity contribution in [1.82, 2.24) is 20.5 Å². The Hall–Kier alpha value is -3.35. The molecule has 1 fully saturated rings. The first-order valence-electron chi connectivity index (χ1n) is 9.11. The summed E-state index contributed by atoms with van der Waals surface area (Å²) < 4.78 is 0. The van der Waals surface area contributed by atoms with Crippen molar-refractivity contribution < 1.29 is 4.79 Å². The van der Waals surface area contributed by atoms with Crippen molar-refractivity contribution in [3.05, 3.63) is 60.9 Å². The van der Waals surface area contributed by atoms with Gasteiger partial charge in [0.05, 0.1) is 5.69 Å². The highest BCUT2D eigenvalue weighted by molar-refractivity contribution is 5.89. The zero-order chi connectivity index (χ0) is 18.5. The molecule has 7 heteroatoms. The molecule has 27 heavy (non-hydrogen) atoms. The molecule has 3 N–H and O–H groups in total. The van der Waals surface area contributed by atoms with Crippen molar-refractivity contribution in [2.75, 3.05) is 23.3 Å². The number of amides is 2. The van der Waals surface area contributed by atoms with Crippen LogP contribution in [0.3, 0.4) is 0 Å². The van der Waals surface area contributed by atoms with E-state index in [4.69, 9.17) is 0 Å². The third-order valence-electron chi connectivity index (χ3n) is 4.76. The van der Waals surface area contributed by atoms with E-state index in [0.717, 1.165) is 48.7 Å². The summed E-state index contributed by atoms with van der Waals surface area (Å²) in [5, 5.41) is 12.8. The molecule has 138 valence electrons. The highest BCUT2D eigenvalue weighted by Gasteiger charge is 2.21.